The standard InChI is InChI=1S/C10H12ClN3O/c11-8-5-7(3-4-9(8)12)14-10(15)13-6-1-2-6/h3-6H,1-2,12H2,(H2,13,14,15). The minimum Gasteiger partial charge on any atom is -0.398 e. The zero-order chi connectivity index (χ0) is 10.8. The molecule has 0 saturated heterocycles. The average molecular weight is 226 g/mol. The fourth-order valence-corrected chi connectivity index (χ4v) is 1.37. The molecule has 1 saturated carbocycles. The zero-order valence-corrected chi connectivity index (χ0v) is 8.84. The van der Waals surface area contributed by atoms with Gasteiger partial charge in [-0.25, -0.2) is 4.79 Å². The van der Waals surface area contributed by atoms with E-state index in [-0.39, 0.29) is 6.03 Å². The number of hydrogen-bond donors (Lipinski definition) is 3. The van der Waals surface area contributed by atoms with Crippen molar-refractivity contribution in [2.75, 3.05) is 11.1 Å². The predicted octanol–water partition coefficient (Wildman–Crippen LogP) is 2.21. The molecule has 1 aromatic rings. The third-order valence-corrected chi connectivity index (χ3v) is 2.50. The van der Waals surface area contributed by atoms with E-state index in [1.54, 1.807) is 18.2 Å². The summed E-state index contributed by atoms with van der Waals surface area (Å²) in [4.78, 5) is 11.4. The summed E-state index contributed by atoms with van der Waals surface area (Å²) in [6.45, 7) is 0. The number of anilines is 2. The number of carbonyl (C=O) groups excluding carboxylic acids is 1. The lowest BCUT2D eigenvalue weighted by Gasteiger charge is -2.07. The zero-order valence-electron chi connectivity index (χ0n) is 8.09. The van der Waals surface area contributed by atoms with Gasteiger partial charge < -0.3 is 16.4 Å². The summed E-state index contributed by atoms with van der Waals surface area (Å²) in [5.41, 5.74) is 6.70. The van der Waals surface area contributed by atoms with E-state index in [4.69, 9.17) is 17.3 Å². The molecule has 2 rings (SSSR count). The Bertz CT molecular complexity index is 390. The maximum atomic E-state index is 11.4. The first kappa shape index (κ1) is 10.1. The third-order valence-electron chi connectivity index (χ3n) is 2.17. The van der Waals surface area contributed by atoms with Gasteiger partial charge in [-0.1, -0.05) is 11.6 Å². The van der Waals surface area contributed by atoms with Crippen molar-refractivity contribution in [3.8, 4) is 0 Å². The van der Waals surface area contributed by atoms with Gasteiger partial charge in [0.15, 0.2) is 0 Å². The van der Waals surface area contributed by atoms with Crippen molar-refractivity contribution in [1.29, 1.82) is 0 Å². The van der Waals surface area contributed by atoms with Crippen LogP contribution in [-0.2, 0) is 0 Å². The van der Waals surface area contributed by atoms with Crippen LogP contribution in [0.2, 0.25) is 5.02 Å². The number of nitrogens with one attached hydrogen (secondary N) is 2. The molecule has 4 N–H and O–H groups in total. The summed E-state index contributed by atoms with van der Waals surface area (Å²) in [5, 5.41) is 5.95. The van der Waals surface area contributed by atoms with E-state index < -0.39 is 0 Å². The van der Waals surface area contributed by atoms with E-state index in [0.717, 1.165) is 12.8 Å². The number of nitrogens with two attached hydrogens (primary N) is 1. The number of hydrogen-bond acceptors (Lipinski definition) is 2. The molecule has 0 atom stereocenters. The summed E-state index contributed by atoms with van der Waals surface area (Å²) in [7, 11) is 0. The topological polar surface area (TPSA) is 67.1 Å². The molecule has 2 amide bonds. The number of amides is 2. The number of halogens is 1. The van der Waals surface area contributed by atoms with Crippen molar-refractivity contribution in [1.82, 2.24) is 5.32 Å². The summed E-state index contributed by atoms with van der Waals surface area (Å²) in [5.74, 6) is 0. The highest BCUT2D eigenvalue weighted by Crippen LogP contribution is 2.23. The first-order valence-electron chi connectivity index (χ1n) is 4.77. The maximum Gasteiger partial charge on any atom is 0.319 e. The molecule has 15 heavy (non-hydrogen) atoms. The monoisotopic (exact) mass is 225 g/mol. The number of urea groups is 1. The first-order chi connectivity index (χ1) is 7.15. The SMILES string of the molecule is Nc1ccc(NC(=O)NC2CC2)cc1Cl. The van der Waals surface area contributed by atoms with Crippen LogP contribution in [0.5, 0.6) is 0 Å². The second kappa shape index (κ2) is 3.98. The highest BCUT2D eigenvalue weighted by Gasteiger charge is 2.23. The minimum absolute atomic E-state index is 0.196. The highest BCUT2D eigenvalue weighted by molar-refractivity contribution is 6.33. The van der Waals surface area contributed by atoms with Crippen LogP contribution in [-0.4, -0.2) is 12.1 Å². The van der Waals surface area contributed by atoms with Crippen molar-refractivity contribution < 1.29 is 4.79 Å². The molecule has 0 bridgehead atoms. The van der Waals surface area contributed by atoms with Crippen LogP contribution in [0.15, 0.2) is 18.2 Å². The molecule has 1 aliphatic rings. The van der Waals surface area contributed by atoms with Crippen LogP contribution in [0, 0.1) is 0 Å². The fourth-order valence-electron chi connectivity index (χ4n) is 1.19. The van der Waals surface area contributed by atoms with E-state index in [9.17, 15) is 4.79 Å². The van der Waals surface area contributed by atoms with Gasteiger partial charge in [-0.15, -0.1) is 0 Å². The summed E-state index contributed by atoms with van der Waals surface area (Å²) < 4.78 is 0. The van der Waals surface area contributed by atoms with Crippen molar-refractivity contribution >= 4 is 29.0 Å². The van der Waals surface area contributed by atoms with E-state index in [2.05, 4.69) is 10.6 Å². The van der Waals surface area contributed by atoms with Gasteiger partial charge in [0.05, 0.1) is 10.7 Å². The Hall–Kier alpha value is -1.42. The van der Waals surface area contributed by atoms with Gasteiger partial charge in [-0.2, -0.15) is 0 Å². The Kier molecular flexibility index (Phi) is 2.68. The summed E-state index contributed by atoms with van der Waals surface area (Å²) in [6.07, 6.45) is 2.13. The molecule has 5 heteroatoms. The van der Waals surface area contributed by atoms with Crippen LogP contribution >= 0.6 is 11.6 Å². The van der Waals surface area contributed by atoms with Gasteiger partial charge >= 0.3 is 6.03 Å². The van der Waals surface area contributed by atoms with Gasteiger partial charge in [0.1, 0.15) is 0 Å². The highest BCUT2D eigenvalue weighted by atomic mass is 35.5. The van der Waals surface area contributed by atoms with Crippen molar-refractivity contribution in [3.63, 3.8) is 0 Å². The second-order valence-corrected chi connectivity index (χ2v) is 4.02. The number of benzene rings is 1. The van der Waals surface area contributed by atoms with Gasteiger partial charge in [0, 0.05) is 11.7 Å². The lowest BCUT2D eigenvalue weighted by atomic mass is 10.3. The average Bonchev–Trinajstić information content (AvgIpc) is 2.95. The predicted molar refractivity (Wildman–Crippen MR) is 61.0 cm³/mol. The van der Waals surface area contributed by atoms with Crippen molar-refractivity contribution in [2.24, 2.45) is 0 Å². The number of rotatable bonds is 2. The molecule has 80 valence electrons. The number of carbonyl (C=O) groups is 1. The molecule has 1 aliphatic carbocycles. The van der Waals surface area contributed by atoms with Crippen LogP contribution in [0.25, 0.3) is 0 Å². The fraction of sp³-hybridized carbons (Fsp3) is 0.300. The smallest absolute Gasteiger partial charge is 0.319 e. The van der Waals surface area contributed by atoms with E-state index in [0.29, 0.717) is 22.4 Å². The third kappa shape index (κ3) is 2.76. The molecule has 0 aliphatic heterocycles. The van der Waals surface area contributed by atoms with Gasteiger partial charge in [0.2, 0.25) is 0 Å². The van der Waals surface area contributed by atoms with Crippen LogP contribution in [0.1, 0.15) is 12.8 Å². The van der Waals surface area contributed by atoms with E-state index in [1.165, 1.54) is 0 Å². The Morgan fingerprint density at radius 2 is 2.20 bits per heavy atom. The lowest BCUT2D eigenvalue weighted by Crippen LogP contribution is -2.30. The molecule has 0 unspecified atom stereocenters. The second-order valence-electron chi connectivity index (χ2n) is 3.61. The van der Waals surface area contributed by atoms with Crippen LogP contribution in [0.3, 0.4) is 0 Å². The Morgan fingerprint density at radius 1 is 1.47 bits per heavy atom. The summed E-state index contributed by atoms with van der Waals surface area (Å²) >= 11 is 5.82. The molecule has 4 nitrogen and oxygen atoms in total. The minimum atomic E-state index is -0.196. The van der Waals surface area contributed by atoms with Gasteiger partial charge in [-0.3, -0.25) is 0 Å². The maximum absolute atomic E-state index is 11.4. The Balaban J connectivity index is 1.97. The Morgan fingerprint density at radius 3 is 2.80 bits per heavy atom. The Labute approximate surface area is 92.8 Å². The van der Waals surface area contributed by atoms with Gasteiger partial charge in [-0.05, 0) is 31.0 Å². The van der Waals surface area contributed by atoms with E-state index in [1.807, 2.05) is 0 Å². The first-order valence-corrected chi connectivity index (χ1v) is 5.15. The molecular weight excluding hydrogens is 214 g/mol. The summed E-state index contributed by atoms with van der Waals surface area (Å²) in [6, 6.07) is 5.15. The van der Waals surface area contributed by atoms with Crippen LogP contribution in [0.4, 0.5) is 16.2 Å². The molecule has 1 fully saturated rings. The van der Waals surface area contributed by atoms with Crippen molar-refractivity contribution in [2.45, 2.75) is 18.9 Å². The molecule has 1 aromatic carbocycles. The normalized spacial score (nSPS) is 14.7. The molecule has 0 radical (unpaired) electrons. The molecular formula is C10H12ClN3O. The quantitative estimate of drug-likeness (QED) is 0.676. The van der Waals surface area contributed by atoms with Gasteiger partial charge in [0.25, 0.3) is 0 Å². The number of nitrogen functional groups attached to an aromatic ring is 1. The van der Waals surface area contributed by atoms with Crippen molar-refractivity contribution in [3.05, 3.63) is 23.2 Å². The largest absolute Gasteiger partial charge is 0.398 e. The van der Waals surface area contributed by atoms with E-state index >= 15 is 0 Å². The molecule has 0 spiro atoms. The van der Waals surface area contributed by atoms with Crippen LogP contribution < -0.4 is 16.4 Å². The lowest BCUT2D eigenvalue weighted by molar-refractivity contribution is 0.251. The molecule has 0 aromatic heterocycles. The molecule has 0 heterocycles.